The molecule has 0 heterocycles. The Kier molecular flexibility index (Phi) is 10.2. The second kappa shape index (κ2) is 13.5. The molecule has 1 amide bonds. The molecule has 1 N–H and O–H groups in total. The number of nitriles is 1. The van der Waals surface area contributed by atoms with Gasteiger partial charge in [0.2, 0.25) is 0 Å². The third-order valence-electron chi connectivity index (χ3n) is 5.77. The highest BCUT2D eigenvalue weighted by Crippen LogP contribution is 2.38. The standard InChI is InChI=1S/C30H32BrN3O3/c1-5-34(6-2)26-14-12-25(13-15-26)33-30(35)24(19-32)16-23-17-27(31)29(28(18-23)36-7-3)37-20-22-10-8-21(4)9-11-22/h8-18H,5-7,20H2,1-4H3,(H,33,35)/b24-16-. The average molecular weight is 563 g/mol. The van der Waals surface area contributed by atoms with Crippen LogP contribution in [0.3, 0.4) is 0 Å². The van der Waals surface area contributed by atoms with Crippen LogP contribution in [0, 0.1) is 18.3 Å². The summed E-state index contributed by atoms with van der Waals surface area (Å²) in [6.45, 7) is 10.8. The molecule has 0 aromatic heterocycles. The molecule has 0 fully saturated rings. The van der Waals surface area contributed by atoms with Crippen LogP contribution in [0.25, 0.3) is 6.08 Å². The molecule has 0 unspecified atom stereocenters. The third kappa shape index (κ3) is 7.61. The van der Waals surface area contributed by atoms with E-state index in [4.69, 9.17) is 9.47 Å². The van der Waals surface area contributed by atoms with Crippen molar-refractivity contribution in [3.63, 3.8) is 0 Å². The van der Waals surface area contributed by atoms with Gasteiger partial charge in [-0.3, -0.25) is 4.79 Å². The molecular formula is C30H32BrN3O3. The molecule has 0 spiro atoms. The summed E-state index contributed by atoms with van der Waals surface area (Å²) >= 11 is 3.56. The number of carbonyl (C=O) groups is 1. The molecule has 0 aliphatic rings. The minimum atomic E-state index is -0.480. The SMILES string of the molecule is CCOc1cc(/C=C(/C#N)C(=O)Nc2ccc(N(CC)CC)cc2)cc(Br)c1OCc1ccc(C)cc1. The van der Waals surface area contributed by atoms with Crippen molar-refractivity contribution in [1.82, 2.24) is 0 Å². The number of amides is 1. The van der Waals surface area contributed by atoms with E-state index in [1.165, 1.54) is 11.6 Å². The Labute approximate surface area is 227 Å². The number of nitrogens with one attached hydrogen (secondary N) is 1. The van der Waals surface area contributed by atoms with E-state index in [0.717, 1.165) is 24.3 Å². The van der Waals surface area contributed by atoms with Crippen molar-refractivity contribution in [3.05, 3.63) is 87.4 Å². The Balaban J connectivity index is 1.79. The van der Waals surface area contributed by atoms with Crippen LogP contribution in [0.1, 0.15) is 37.5 Å². The number of anilines is 2. The van der Waals surface area contributed by atoms with Gasteiger partial charge in [0.05, 0.1) is 11.1 Å². The lowest BCUT2D eigenvalue weighted by Crippen LogP contribution is -2.21. The molecule has 0 radical (unpaired) electrons. The van der Waals surface area contributed by atoms with Crippen LogP contribution in [-0.2, 0) is 11.4 Å². The van der Waals surface area contributed by atoms with Crippen LogP contribution in [0.15, 0.2) is 70.7 Å². The van der Waals surface area contributed by atoms with Gasteiger partial charge in [-0.1, -0.05) is 29.8 Å². The first-order chi connectivity index (χ1) is 17.9. The molecule has 0 aliphatic carbocycles. The molecule has 37 heavy (non-hydrogen) atoms. The highest BCUT2D eigenvalue weighted by atomic mass is 79.9. The molecule has 192 valence electrons. The lowest BCUT2D eigenvalue weighted by atomic mass is 10.1. The first-order valence-corrected chi connectivity index (χ1v) is 13.1. The summed E-state index contributed by atoms with van der Waals surface area (Å²) in [6, 6.07) is 21.3. The number of halogens is 1. The van der Waals surface area contributed by atoms with Gasteiger partial charge in [-0.15, -0.1) is 0 Å². The fourth-order valence-electron chi connectivity index (χ4n) is 3.77. The topological polar surface area (TPSA) is 74.6 Å². The minimum absolute atomic E-state index is 0.0181. The average Bonchev–Trinajstić information content (AvgIpc) is 2.89. The van der Waals surface area contributed by atoms with E-state index in [1.807, 2.05) is 68.4 Å². The van der Waals surface area contributed by atoms with Crippen LogP contribution in [0.4, 0.5) is 11.4 Å². The van der Waals surface area contributed by atoms with Gasteiger partial charge < -0.3 is 19.7 Å². The highest BCUT2D eigenvalue weighted by Gasteiger charge is 2.15. The number of carbonyl (C=O) groups excluding carboxylic acids is 1. The number of aryl methyl sites for hydroxylation is 1. The Morgan fingerprint density at radius 2 is 1.70 bits per heavy atom. The van der Waals surface area contributed by atoms with E-state index < -0.39 is 5.91 Å². The summed E-state index contributed by atoms with van der Waals surface area (Å²) in [5, 5.41) is 12.5. The number of ether oxygens (including phenoxy) is 2. The van der Waals surface area contributed by atoms with E-state index in [2.05, 4.69) is 40.0 Å². The largest absolute Gasteiger partial charge is 0.490 e. The Hall–Kier alpha value is -3.76. The maximum Gasteiger partial charge on any atom is 0.266 e. The lowest BCUT2D eigenvalue weighted by molar-refractivity contribution is -0.112. The van der Waals surface area contributed by atoms with Gasteiger partial charge in [-0.05, 0) is 97.2 Å². The van der Waals surface area contributed by atoms with Gasteiger partial charge in [-0.25, -0.2) is 0 Å². The summed E-state index contributed by atoms with van der Waals surface area (Å²) in [7, 11) is 0. The van der Waals surface area contributed by atoms with Gasteiger partial charge in [0.1, 0.15) is 18.2 Å². The van der Waals surface area contributed by atoms with E-state index >= 15 is 0 Å². The van der Waals surface area contributed by atoms with Gasteiger partial charge in [0.25, 0.3) is 5.91 Å². The molecular weight excluding hydrogens is 530 g/mol. The van der Waals surface area contributed by atoms with E-state index in [9.17, 15) is 10.1 Å². The zero-order chi connectivity index (χ0) is 26.8. The molecule has 3 aromatic carbocycles. The van der Waals surface area contributed by atoms with E-state index in [1.54, 1.807) is 12.1 Å². The van der Waals surface area contributed by atoms with Crippen molar-refractivity contribution >= 4 is 39.3 Å². The Bertz CT molecular complexity index is 1280. The predicted molar refractivity (Wildman–Crippen MR) is 153 cm³/mol. The summed E-state index contributed by atoms with van der Waals surface area (Å²) in [5.74, 6) is 0.614. The fraction of sp³-hybridized carbons (Fsp3) is 0.267. The number of rotatable bonds is 11. The molecule has 0 saturated heterocycles. The van der Waals surface area contributed by atoms with E-state index in [-0.39, 0.29) is 5.57 Å². The maximum atomic E-state index is 12.8. The van der Waals surface area contributed by atoms with Crippen molar-refractivity contribution in [2.45, 2.75) is 34.3 Å². The molecule has 6 nitrogen and oxygen atoms in total. The van der Waals surface area contributed by atoms with Gasteiger partial charge in [0, 0.05) is 24.5 Å². The van der Waals surface area contributed by atoms with Gasteiger partial charge >= 0.3 is 0 Å². The van der Waals surface area contributed by atoms with Crippen molar-refractivity contribution in [3.8, 4) is 17.6 Å². The normalized spacial score (nSPS) is 11.0. The predicted octanol–water partition coefficient (Wildman–Crippen LogP) is 7.13. The second-order valence-electron chi connectivity index (χ2n) is 8.38. The lowest BCUT2D eigenvalue weighted by Gasteiger charge is -2.21. The third-order valence-corrected chi connectivity index (χ3v) is 6.35. The molecule has 7 heteroatoms. The monoisotopic (exact) mass is 561 g/mol. The smallest absolute Gasteiger partial charge is 0.266 e. The molecule has 0 atom stereocenters. The number of hydrogen-bond acceptors (Lipinski definition) is 5. The number of benzene rings is 3. The Morgan fingerprint density at radius 1 is 1.03 bits per heavy atom. The fourth-order valence-corrected chi connectivity index (χ4v) is 4.35. The van der Waals surface area contributed by atoms with Crippen molar-refractivity contribution in [2.75, 3.05) is 29.9 Å². The van der Waals surface area contributed by atoms with E-state index in [0.29, 0.717) is 40.4 Å². The summed E-state index contributed by atoms with van der Waals surface area (Å²) in [6.07, 6.45) is 1.54. The van der Waals surface area contributed by atoms with Crippen molar-refractivity contribution in [2.24, 2.45) is 0 Å². The summed E-state index contributed by atoms with van der Waals surface area (Å²) in [4.78, 5) is 15.1. The number of nitrogens with zero attached hydrogens (tertiary/aromatic N) is 2. The molecule has 3 rings (SSSR count). The van der Waals surface area contributed by atoms with Crippen molar-refractivity contribution in [1.29, 1.82) is 5.26 Å². The number of hydrogen-bond donors (Lipinski definition) is 1. The molecule has 0 bridgehead atoms. The molecule has 0 saturated carbocycles. The minimum Gasteiger partial charge on any atom is -0.490 e. The zero-order valence-electron chi connectivity index (χ0n) is 21.7. The zero-order valence-corrected chi connectivity index (χ0v) is 23.3. The molecule has 3 aromatic rings. The first kappa shape index (κ1) is 27.8. The highest BCUT2D eigenvalue weighted by molar-refractivity contribution is 9.10. The van der Waals surface area contributed by atoms with Gasteiger partial charge in [0.15, 0.2) is 11.5 Å². The van der Waals surface area contributed by atoms with Gasteiger partial charge in [-0.2, -0.15) is 5.26 Å². The second-order valence-corrected chi connectivity index (χ2v) is 9.23. The maximum absolute atomic E-state index is 12.8. The quantitative estimate of drug-likeness (QED) is 0.199. The van der Waals surface area contributed by atoms with Crippen LogP contribution >= 0.6 is 15.9 Å². The molecule has 0 aliphatic heterocycles. The summed E-state index contributed by atoms with van der Waals surface area (Å²) < 4.78 is 12.5. The Morgan fingerprint density at radius 3 is 2.30 bits per heavy atom. The first-order valence-electron chi connectivity index (χ1n) is 12.3. The summed E-state index contributed by atoms with van der Waals surface area (Å²) in [5.41, 5.74) is 4.55. The van der Waals surface area contributed by atoms with Crippen molar-refractivity contribution < 1.29 is 14.3 Å². The van der Waals surface area contributed by atoms with Crippen LogP contribution in [0.5, 0.6) is 11.5 Å². The van der Waals surface area contributed by atoms with Crippen LogP contribution < -0.4 is 19.7 Å². The van der Waals surface area contributed by atoms with Crippen LogP contribution in [-0.4, -0.2) is 25.6 Å². The van der Waals surface area contributed by atoms with Crippen LogP contribution in [0.2, 0.25) is 0 Å².